The first-order valence-corrected chi connectivity index (χ1v) is 11.0. The van der Waals surface area contributed by atoms with E-state index in [1.807, 2.05) is 50.2 Å². The molecule has 0 N–H and O–H groups in total. The number of hydrogen-bond donors (Lipinski definition) is 0. The molecule has 4 aromatic carbocycles. The van der Waals surface area contributed by atoms with Crippen LogP contribution in [0.4, 0.5) is 0 Å². The molecule has 0 aliphatic carbocycles. The second-order valence-electron chi connectivity index (χ2n) is 7.21. The molecule has 0 spiro atoms. The molecule has 0 fully saturated rings. The van der Waals surface area contributed by atoms with Gasteiger partial charge in [0, 0.05) is 20.8 Å². The maximum atomic E-state index is 13.5. The fourth-order valence-corrected chi connectivity index (χ4v) is 4.96. The van der Waals surface area contributed by atoms with E-state index in [9.17, 15) is 4.79 Å². The third-order valence-electron chi connectivity index (χ3n) is 5.60. The summed E-state index contributed by atoms with van der Waals surface area (Å²) in [6.07, 6.45) is 0. The van der Waals surface area contributed by atoms with Crippen molar-refractivity contribution < 1.29 is 4.79 Å². The van der Waals surface area contributed by atoms with Crippen molar-refractivity contribution in [3.05, 3.63) is 92.9 Å². The predicted molar refractivity (Wildman–Crippen MR) is 125 cm³/mol. The van der Waals surface area contributed by atoms with Crippen molar-refractivity contribution >= 4 is 59.2 Å². The van der Waals surface area contributed by atoms with Gasteiger partial charge in [-0.25, -0.2) is 0 Å². The highest BCUT2D eigenvalue weighted by atomic mass is 79.9. The summed E-state index contributed by atoms with van der Waals surface area (Å²) in [5.74, 6) is -0.134. The third-order valence-corrected chi connectivity index (χ3v) is 6.98. The summed E-state index contributed by atoms with van der Waals surface area (Å²) in [4.78, 5) is 13.5. The number of carbonyl (C=O) groups is 1. The summed E-state index contributed by atoms with van der Waals surface area (Å²) >= 11 is 7.25. The van der Waals surface area contributed by atoms with Gasteiger partial charge in [0.25, 0.3) is 0 Å². The standard InChI is InChI=1S/C25H20Br2O/c1-15(17-11-13-23(26)21-9-5-3-7-19(17)21)25(28)16(2)18-12-14-24(27)22-10-6-4-8-20(18)22/h3-16H,1-2H3. The second kappa shape index (κ2) is 7.81. The lowest BCUT2D eigenvalue weighted by Gasteiger charge is -2.20. The number of Topliss-reactive ketones (excluding diaryl/α,β-unsaturated/α-hetero) is 1. The SMILES string of the molecule is CC(C(=O)C(C)c1ccc(Br)c2ccccc12)c1ccc(Br)c2ccccc12. The summed E-state index contributed by atoms with van der Waals surface area (Å²) in [6.45, 7) is 4.05. The van der Waals surface area contributed by atoms with Crippen LogP contribution in [0.3, 0.4) is 0 Å². The highest BCUT2D eigenvalue weighted by molar-refractivity contribution is 9.11. The van der Waals surface area contributed by atoms with E-state index in [1.54, 1.807) is 0 Å². The molecule has 2 unspecified atom stereocenters. The molecule has 0 saturated carbocycles. The van der Waals surface area contributed by atoms with E-state index in [0.717, 1.165) is 41.6 Å². The van der Waals surface area contributed by atoms with E-state index in [4.69, 9.17) is 0 Å². The van der Waals surface area contributed by atoms with Crippen LogP contribution in [0, 0.1) is 0 Å². The molecule has 0 aromatic heterocycles. The van der Waals surface area contributed by atoms with E-state index in [2.05, 4.69) is 68.3 Å². The number of carbonyl (C=O) groups excluding carboxylic acids is 1. The third kappa shape index (κ3) is 3.31. The molecule has 2 atom stereocenters. The monoisotopic (exact) mass is 494 g/mol. The van der Waals surface area contributed by atoms with Gasteiger partial charge in [-0.3, -0.25) is 4.79 Å². The highest BCUT2D eigenvalue weighted by Crippen LogP contribution is 2.36. The zero-order valence-electron chi connectivity index (χ0n) is 15.7. The van der Waals surface area contributed by atoms with Crippen LogP contribution in [0.2, 0.25) is 0 Å². The van der Waals surface area contributed by atoms with E-state index in [1.165, 1.54) is 0 Å². The molecule has 0 saturated heterocycles. The molecule has 0 radical (unpaired) electrons. The lowest BCUT2D eigenvalue weighted by atomic mass is 9.82. The Morgan fingerprint density at radius 2 is 0.964 bits per heavy atom. The van der Waals surface area contributed by atoms with Crippen molar-refractivity contribution in [1.29, 1.82) is 0 Å². The summed E-state index contributed by atoms with van der Waals surface area (Å²) < 4.78 is 2.11. The molecule has 28 heavy (non-hydrogen) atoms. The zero-order valence-corrected chi connectivity index (χ0v) is 18.9. The average molecular weight is 496 g/mol. The molecular formula is C25H20Br2O. The lowest BCUT2D eigenvalue weighted by Crippen LogP contribution is -2.17. The number of ketones is 1. The van der Waals surface area contributed by atoms with E-state index >= 15 is 0 Å². The smallest absolute Gasteiger partial charge is 0.147 e. The van der Waals surface area contributed by atoms with E-state index in [-0.39, 0.29) is 17.6 Å². The van der Waals surface area contributed by atoms with Crippen LogP contribution in [0.1, 0.15) is 36.8 Å². The van der Waals surface area contributed by atoms with Crippen molar-refractivity contribution in [3.63, 3.8) is 0 Å². The fraction of sp³-hybridized carbons (Fsp3) is 0.160. The number of rotatable bonds is 4. The number of benzene rings is 4. The van der Waals surface area contributed by atoms with Gasteiger partial charge in [-0.15, -0.1) is 0 Å². The van der Waals surface area contributed by atoms with Crippen LogP contribution in [0.5, 0.6) is 0 Å². The highest BCUT2D eigenvalue weighted by Gasteiger charge is 2.25. The summed E-state index contributed by atoms with van der Waals surface area (Å²) in [7, 11) is 0. The second-order valence-corrected chi connectivity index (χ2v) is 8.92. The topological polar surface area (TPSA) is 17.1 Å². The maximum absolute atomic E-state index is 13.5. The van der Waals surface area contributed by atoms with Crippen LogP contribution >= 0.6 is 31.9 Å². The van der Waals surface area contributed by atoms with Crippen LogP contribution in [-0.4, -0.2) is 5.78 Å². The Morgan fingerprint density at radius 1 is 0.607 bits per heavy atom. The van der Waals surface area contributed by atoms with Crippen LogP contribution < -0.4 is 0 Å². The van der Waals surface area contributed by atoms with Gasteiger partial charge in [0.2, 0.25) is 0 Å². The zero-order chi connectivity index (χ0) is 19.8. The normalized spacial score (nSPS) is 13.6. The molecule has 3 heteroatoms. The van der Waals surface area contributed by atoms with Gasteiger partial charge in [0.15, 0.2) is 0 Å². The minimum absolute atomic E-state index is 0.185. The van der Waals surface area contributed by atoms with Crippen molar-refractivity contribution in [1.82, 2.24) is 0 Å². The molecule has 0 aliphatic rings. The van der Waals surface area contributed by atoms with E-state index in [0.29, 0.717) is 0 Å². The lowest BCUT2D eigenvalue weighted by molar-refractivity contribution is -0.121. The first kappa shape index (κ1) is 19.4. The Hall–Kier alpha value is -1.97. The molecule has 4 aromatic rings. The Balaban J connectivity index is 1.77. The number of halogens is 2. The van der Waals surface area contributed by atoms with Gasteiger partial charge in [0.05, 0.1) is 0 Å². The van der Waals surface area contributed by atoms with Gasteiger partial charge in [0.1, 0.15) is 5.78 Å². The molecule has 4 rings (SSSR count). The minimum atomic E-state index is -0.185. The van der Waals surface area contributed by atoms with Crippen molar-refractivity contribution in [3.8, 4) is 0 Å². The van der Waals surface area contributed by atoms with Crippen molar-refractivity contribution in [2.75, 3.05) is 0 Å². The van der Waals surface area contributed by atoms with Gasteiger partial charge < -0.3 is 0 Å². The summed E-state index contributed by atoms with van der Waals surface area (Å²) in [6, 6.07) is 24.7. The quantitative estimate of drug-likeness (QED) is 0.280. The van der Waals surface area contributed by atoms with Gasteiger partial charge in [-0.2, -0.15) is 0 Å². The Labute approximate surface area is 182 Å². The molecule has 0 heterocycles. The molecule has 1 nitrogen and oxygen atoms in total. The first-order valence-electron chi connectivity index (χ1n) is 9.37. The molecule has 140 valence electrons. The van der Waals surface area contributed by atoms with Gasteiger partial charge in [-0.05, 0) is 44.8 Å². The maximum Gasteiger partial charge on any atom is 0.147 e. The van der Waals surface area contributed by atoms with Crippen LogP contribution in [0.15, 0.2) is 81.7 Å². The largest absolute Gasteiger partial charge is 0.298 e. The minimum Gasteiger partial charge on any atom is -0.298 e. The van der Waals surface area contributed by atoms with Gasteiger partial charge >= 0.3 is 0 Å². The van der Waals surface area contributed by atoms with E-state index < -0.39 is 0 Å². The Morgan fingerprint density at radius 3 is 1.36 bits per heavy atom. The first-order chi connectivity index (χ1) is 13.5. The van der Waals surface area contributed by atoms with Crippen LogP contribution in [0.25, 0.3) is 21.5 Å². The van der Waals surface area contributed by atoms with Crippen molar-refractivity contribution in [2.24, 2.45) is 0 Å². The van der Waals surface area contributed by atoms with Gasteiger partial charge in [-0.1, -0.05) is 106 Å². The number of hydrogen-bond acceptors (Lipinski definition) is 1. The summed E-state index contributed by atoms with van der Waals surface area (Å²) in [5.41, 5.74) is 2.16. The van der Waals surface area contributed by atoms with Crippen LogP contribution in [-0.2, 0) is 4.79 Å². The summed E-state index contributed by atoms with van der Waals surface area (Å²) in [5, 5.41) is 4.54. The molecule has 0 amide bonds. The molecular weight excluding hydrogens is 476 g/mol. The van der Waals surface area contributed by atoms with Crippen molar-refractivity contribution in [2.45, 2.75) is 25.7 Å². The molecule has 0 aliphatic heterocycles. The Kier molecular flexibility index (Phi) is 5.39. The fourth-order valence-electron chi connectivity index (χ4n) is 4.01. The Bertz CT molecular complexity index is 1100. The number of fused-ring (bicyclic) bond motifs is 2. The predicted octanol–water partition coefficient (Wildman–Crippen LogP) is 7.99. The average Bonchev–Trinajstić information content (AvgIpc) is 2.73. The molecule has 0 bridgehead atoms.